The van der Waals surface area contributed by atoms with E-state index in [1.807, 2.05) is 22.9 Å². The van der Waals surface area contributed by atoms with Gasteiger partial charge in [0.05, 0.1) is 27.1 Å². The number of nitrogens with zero attached hydrogens (tertiary/aromatic N) is 2. The van der Waals surface area contributed by atoms with Crippen molar-refractivity contribution in [3.05, 3.63) is 35.0 Å². The van der Waals surface area contributed by atoms with Crippen molar-refractivity contribution in [2.45, 2.75) is 18.0 Å². The van der Waals surface area contributed by atoms with Crippen molar-refractivity contribution in [1.29, 1.82) is 0 Å². The number of carbonyl (C=O) groups is 2. The number of rotatable bonds is 6. The molecule has 28 heavy (non-hydrogen) atoms. The zero-order chi connectivity index (χ0) is 19.5. The monoisotopic (exact) mass is 432 g/mol. The van der Waals surface area contributed by atoms with Crippen LogP contribution in [0.3, 0.4) is 0 Å². The Kier molecular flexibility index (Phi) is 5.84. The number of hydrogen-bond donors (Lipinski definition) is 2. The second kappa shape index (κ2) is 8.50. The molecule has 1 fully saturated rings. The van der Waals surface area contributed by atoms with E-state index in [2.05, 4.69) is 17.1 Å². The Hall–Kier alpha value is -2.10. The minimum absolute atomic E-state index is 0.0164. The maximum atomic E-state index is 12.6. The number of piperidine rings is 1. The van der Waals surface area contributed by atoms with Gasteiger partial charge in [-0.1, -0.05) is 23.9 Å². The van der Waals surface area contributed by atoms with E-state index in [9.17, 15) is 9.59 Å². The fourth-order valence-corrected chi connectivity index (χ4v) is 5.49. The lowest BCUT2D eigenvalue weighted by Crippen LogP contribution is -2.44. The molecule has 4 rings (SSSR count). The van der Waals surface area contributed by atoms with Crippen LogP contribution < -0.4 is 5.73 Å². The highest BCUT2D eigenvalue weighted by Gasteiger charge is 2.27. The van der Waals surface area contributed by atoms with Crippen LogP contribution in [0.1, 0.15) is 12.8 Å². The van der Waals surface area contributed by atoms with Crippen LogP contribution in [-0.2, 0) is 9.59 Å². The first-order valence-electron chi connectivity index (χ1n) is 8.99. The number of likely N-dealkylation sites (tertiary alicyclic amines) is 1. The molecular weight excluding hydrogens is 412 g/mol. The number of carbonyl (C=O) groups excluding carboxylic acids is 2. The highest BCUT2D eigenvalue weighted by atomic mass is 32.2. The summed E-state index contributed by atoms with van der Waals surface area (Å²) in [6, 6.07) is 8.14. The van der Waals surface area contributed by atoms with Crippen LogP contribution in [0.5, 0.6) is 0 Å². The fraction of sp³-hybridized carbons (Fsp3) is 0.316. The standard InChI is InChI=1S/C19H20N4O2S3/c20-18(25)12-4-1-7-23(10-12)15(24)11-28-19-21-16(13-5-2-8-26-13)17(22-19)14-6-3-9-27-14/h2-3,5-6,8-9,12H,1,4,7,10-11H2,(H2,20,25)(H,21,22)/t12-/m1/s1. The van der Waals surface area contributed by atoms with Crippen LogP contribution in [0.2, 0.25) is 0 Å². The number of imidazole rings is 1. The number of primary amides is 1. The van der Waals surface area contributed by atoms with E-state index in [4.69, 9.17) is 10.7 Å². The van der Waals surface area contributed by atoms with E-state index in [0.717, 1.165) is 39.1 Å². The van der Waals surface area contributed by atoms with Crippen LogP contribution in [0.25, 0.3) is 21.1 Å². The van der Waals surface area contributed by atoms with Gasteiger partial charge in [0.2, 0.25) is 11.8 Å². The van der Waals surface area contributed by atoms with Crippen molar-refractivity contribution in [3.63, 3.8) is 0 Å². The first-order valence-corrected chi connectivity index (χ1v) is 11.7. The molecule has 0 radical (unpaired) electrons. The summed E-state index contributed by atoms with van der Waals surface area (Å²) in [5.41, 5.74) is 7.31. The van der Waals surface area contributed by atoms with Crippen molar-refractivity contribution in [3.8, 4) is 21.1 Å². The average molecular weight is 433 g/mol. The Morgan fingerprint density at radius 3 is 2.68 bits per heavy atom. The van der Waals surface area contributed by atoms with Crippen LogP contribution in [-0.4, -0.2) is 45.5 Å². The molecule has 1 aliphatic rings. The van der Waals surface area contributed by atoms with Crippen molar-refractivity contribution in [1.82, 2.24) is 14.9 Å². The van der Waals surface area contributed by atoms with E-state index in [1.165, 1.54) is 11.8 Å². The third-order valence-corrected chi connectivity index (χ3v) is 7.34. The molecule has 1 atom stereocenters. The van der Waals surface area contributed by atoms with E-state index < -0.39 is 0 Å². The van der Waals surface area contributed by atoms with Crippen LogP contribution >= 0.6 is 34.4 Å². The summed E-state index contributed by atoms with van der Waals surface area (Å²) in [4.78, 5) is 36.1. The van der Waals surface area contributed by atoms with Crippen molar-refractivity contribution in [2.24, 2.45) is 11.7 Å². The molecule has 146 valence electrons. The van der Waals surface area contributed by atoms with Crippen LogP contribution in [0.4, 0.5) is 0 Å². The summed E-state index contributed by atoms with van der Waals surface area (Å²) in [5.74, 6) is -0.255. The van der Waals surface area contributed by atoms with Crippen LogP contribution in [0.15, 0.2) is 40.2 Å². The molecule has 3 aromatic heterocycles. The summed E-state index contributed by atoms with van der Waals surface area (Å²) < 4.78 is 0. The van der Waals surface area contributed by atoms with Gasteiger partial charge in [-0.15, -0.1) is 22.7 Å². The van der Waals surface area contributed by atoms with E-state index in [0.29, 0.717) is 13.1 Å². The highest BCUT2D eigenvalue weighted by Crippen LogP contribution is 2.36. The third kappa shape index (κ3) is 4.16. The van der Waals surface area contributed by atoms with Gasteiger partial charge in [0.1, 0.15) is 5.69 Å². The molecule has 1 saturated heterocycles. The Morgan fingerprint density at radius 2 is 2.00 bits per heavy atom. The third-order valence-electron chi connectivity index (χ3n) is 4.71. The average Bonchev–Trinajstić information content (AvgIpc) is 3.46. The highest BCUT2D eigenvalue weighted by molar-refractivity contribution is 7.99. The number of aromatic amines is 1. The lowest BCUT2D eigenvalue weighted by atomic mass is 9.97. The second-order valence-electron chi connectivity index (χ2n) is 6.59. The number of thiophene rings is 2. The molecule has 4 heterocycles. The van der Waals surface area contributed by atoms with Crippen LogP contribution in [0, 0.1) is 5.92 Å². The predicted molar refractivity (Wildman–Crippen MR) is 114 cm³/mol. The maximum absolute atomic E-state index is 12.6. The molecule has 6 nitrogen and oxygen atoms in total. The fourth-order valence-electron chi connectivity index (χ4n) is 3.27. The van der Waals surface area contributed by atoms with Crippen molar-refractivity contribution in [2.75, 3.05) is 18.8 Å². The molecule has 0 spiro atoms. The normalized spacial score (nSPS) is 17.0. The molecule has 2 amide bonds. The van der Waals surface area contributed by atoms with E-state index in [-0.39, 0.29) is 23.5 Å². The molecule has 0 aromatic carbocycles. The number of H-pyrrole nitrogens is 1. The summed E-state index contributed by atoms with van der Waals surface area (Å²) >= 11 is 4.70. The molecule has 3 aromatic rings. The van der Waals surface area contributed by atoms with Gasteiger partial charge >= 0.3 is 0 Å². The summed E-state index contributed by atoms with van der Waals surface area (Å²) in [7, 11) is 0. The van der Waals surface area contributed by atoms with Crippen molar-refractivity contribution >= 4 is 46.2 Å². The minimum atomic E-state index is -0.322. The maximum Gasteiger partial charge on any atom is 0.233 e. The minimum Gasteiger partial charge on any atom is -0.369 e. The molecule has 0 unspecified atom stereocenters. The molecule has 9 heteroatoms. The molecule has 0 saturated carbocycles. The zero-order valence-electron chi connectivity index (χ0n) is 15.1. The Labute approximate surface area is 175 Å². The lowest BCUT2D eigenvalue weighted by molar-refractivity contribution is -0.132. The Morgan fingerprint density at radius 1 is 1.25 bits per heavy atom. The lowest BCUT2D eigenvalue weighted by Gasteiger charge is -2.31. The first-order chi connectivity index (χ1) is 13.6. The van der Waals surface area contributed by atoms with Gasteiger partial charge in [-0.05, 0) is 35.7 Å². The van der Waals surface area contributed by atoms with Crippen molar-refractivity contribution < 1.29 is 9.59 Å². The number of aromatic nitrogens is 2. The molecule has 1 aliphatic heterocycles. The first kappa shape index (κ1) is 19.2. The van der Waals surface area contributed by atoms with Gasteiger partial charge < -0.3 is 15.6 Å². The van der Waals surface area contributed by atoms with Gasteiger partial charge in [0.15, 0.2) is 5.16 Å². The number of nitrogens with one attached hydrogen (secondary N) is 1. The molecule has 0 bridgehead atoms. The largest absolute Gasteiger partial charge is 0.369 e. The molecular formula is C19H20N4O2S3. The summed E-state index contributed by atoms with van der Waals surface area (Å²) in [6.45, 7) is 1.11. The number of thioether (sulfide) groups is 1. The number of nitrogens with two attached hydrogens (primary N) is 1. The van der Waals surface area contributed by atoms with Gasteiger partial charge in [-0.2, -0.15) is 0 Å². The predicted octanol–water partition coefficient (Wildman–Crippen LogP) is 3.68. The SMILES string of the molecule is NC(=O)[C@@H]1CCCN(C(=O)CSc2nc(-c3cccs3)c(-c3cccs3)[nH]2)C1. The van der Waals surface area contributed by atoms with Gasteiger partial charge in [-0.25, -0.2) is 4.98 Å². The Bertz CT molecular complexity index is 898. The topological polar surface area (TPSA) is 92.1 Å². The Balaban J connectivity index is 1.47. The van der Waals surface area contributed by atoms with Gasteiger partial charge in [0, 0.05) is 13.1 Å². The zero-order valence-corrected chi connectivity index (χ0v) is 17.5. The molecule has 0 aliphatic carbocycles. The number of hydrogen-bond acceptors (Lipinski definition) is 6. The second-order valence-corrected chi connectivity index (χ2v) is 9.45. The van der Waals surface area contributed by atoms with E-state index >= 15 is 0 Å². The molecule has 3 N–H and O–H groups in total. The quantitative estimate of drug-likeness (QED) is 0.581. The smallest absolute Gasteiger partial charge is 0.233 e. The van der Waals surface area contributed by atoms with Gasteiger partial charge in [-0.3, -0.25) is 9.59 Å². The van der Waals surface area contributed by atoms with E-state index in [1.54, 1.807) is 27.6 Å². The van der Waals surface area contributed by atoms with Gasteiger partial charge in [0.25, 0.3) is 0 Å². The summed E-state index contributed by atoms with van der Waals surface area (Å²) in [5, 5.41) is 4.80. The summed E-state index contributed by atoms with van der Waals surface area (Å²) in [6.07, 6.45) is 1.58. The number of amides is 2.